The van der Waals surface area contributed by atoms with Crippen LogP contribution in [-0.4, -0.2) is 32.9 Å². The van der Waals surface area contributed by atoms with Crippen molar-refractivity contribution in [3.05, 3.63) is 29.6 Å². The van der Waals surface area contributed by atoms with Crippen LogP contribution in [0, 0.1) is 5.82 Å². The molecule has 18 heavy (non-hydrogen) atoms. The fourth-order valence-corrected chi connectivity index (χ4v) is 2.75. The summed E-state index contributed by atoms with van der Waals surface area (Å²) in [5.74, 6) is -0.712. The zero-order chi connectivity index (χ0) is 13.8. The van der Waals surface area contributed by atoms with E-state index in [1.807, 2.05) is 6.92 Å². The molecule has 0 aliphatic heterocycles. The highest BCUT2D eigenvalue weighted by molar-refractivity contribution is 7.89. The van der Waals surface area contributed by atoms with Crippen LogP contribution in [0.3, 0.4) is 0 Å². The number of halogens is 1. The molecule has 4 nitrogen and oxygen atoms in total. The van der Waals surface area contributed by atoms with Crippen LogP contribution in [0.5, 0.6) is 0 Å². The highest BCUT2D eigenvalue weighted by atomic mass is 32.2. The molecule has 0 spiro atoms. The predicted molar refractivity (Wildman–Crippen MR) is 69.3 cm³/mol. The van der Waals surface area contributed by atoms with Crippen LogP contribution in [0.1, 0.15) is 19.4 Å². The molecule has 0 heterocycles. The average molecular weight is 274 g/mol. The van der Waals surface area contributed by atoms with Crippen molar-refractivity contribution in [2.75, 3.05) is 20.1 Å². The molecule has 0 aromatic heterocycles. The summed E-state index contributed by atoms with van der Waals surface area (Å²) >= 11 is 0. The molecule has 0 saturated carbocycles. The van der Waals surface area contributed by atoms with Crippen LogP contribution in [0.2, 0.25) is 0 Å². The van der Waals surface area contributed by atoms with Gasteiger partial charge in [-0.05, 0) is 24.2 Å². The third-order valence-corrected chi connectivity index (χ3v) is 4.66. The molecule has 6 heteroatoms. The zero-order valence-electron chi connectivity index (χ0n) is 10.9. The maximum Gasteiger partial charge on any atom is 0.245 e. The Balaban J connectivity index is 3.15. The number of rotatable bonds is 6. The van der Waals surface area contributed by atoms with Gasteiger partial charge in [0.15, 0.2) is 0 Å². The van der Waals surface area contributed by atoms with E-state index in [4.69, 9.17) is 0 Å². The van der Waals surface area contributed by atoms with Crippen molar-refractivity contribution in [1.82, 2.24) is 9.62 Å². The van der Waals surface area contributed by atoms with E-state index in [0.29, 0.717) is 13.1 Å². The second kappa shape index (κ2) is 6.26. The van der Waals surface area contributed by atoms with E-state index in [1.165, 1.54) is 19.2 Å². The van der Waals surface area contributed by atoms with E-state index in [1.54, 1.807) is 13.0 Å². The zero-order valence-corrected chi connectivity index (χ0v) is 11.7. The van der Waals surface area contributed by atoms with Gasteiger partial charge in [-0.1, -0.05) is 19.9 Å². The molecular weight excluding hydrogens is 255 g/mol. The van der Waals surface area contributed by atoms with Crippen molar-refractivity contribution in [2.24, 2.45) is 0 Å². The number of nitrogens with one attached hydrogen (secondary N) is 1. The van der Waals surface area contributed by atoms with Gasteiger partial charge in [0.2, 0.25) is 10.0 Å². The smallest absolute Gasteiger partial charge is 0.245 e. The Kier molecular flexibility index (Phi) is 5.25. The molecule has 0 radical (unpaired) electrons. The molecule has 0 amide bonds. The summed E-state index contributed by atoms with van der Waals surface area (Å²) in [6.07, 6.45) is 0. The molecule has 1 N–H and O–H groups in total. The summed E-state index contributed by atoms with van der Waals surface area (Å²) in [4.78, 5) is -0.262. The summed E-state index contributed by atoms with van der Waals surface area (Å²) in [5.41, 5.74) is 0.751. The van der Waals surface area contributed by atoms with Gasteiger partial charge < -0.3 is 5.32 Å². The fraction of sp³-hybridized carbons (Fsp3) is 0.500. The fourth-order valence-electron chi connectivity index (χ4n) is 1.46. The van der Waals surface area contributed by atoms with Crippen molar-refractivity contribution in [3.63, 3.8) is 0 Å². The van der Waals surface area contributed by atoms with E-state index in [0.717, 1.165) is 16.4 Å². The van der Waals surface area contributed by atoms with Gasteiger partial charge in [0, 0.05) is 20.1 Å². The van der Waals surface area contributed by atoms with Crippen LogP contribution < -0.4 is 5.32 Å². The lowest BCUT2D eigenvalue weighted by Gasteiger charge is -2.16. The second-order valence-electron chi connectivity index (χ2n) is 3.96. The first-order valence-corrected chi connectivity index (χ1v) is 7.33. The summed E-state index contributed by atoms with van der Waals surface area (Å²) in [6.45, 7) is 5.26. The Hall–Kier alpha value is -0.980. The molecule has 0 bridgehead atoms. The van der Waals surface area contributed by atoms with Crippen LogP contribution in [0.4, 0.5) is 4.39 Å². The Labute approximate surface area is 108 Å². The van der Waals surface area contributed by atoms with Gasteiger partial charge in [0.05, 0.1) is 0 Å². The number of sulfonamides is 1. The SMILES string of the molecule is CCNCc1ccc(F)c(S(=O)(=O)N(C)CC)c1. The Morgan fingerprint density at radius 3 is 2.56 bits per heavy atom. The molecule has 1 aromatic rings. The Morgan fingerprint density at radius 1 is 1.33 bits per heavy atom. The molecule has 0 unspecified atom stereocenters. The van der Waals surface area contributed by atoms with Crippen molar-refractivity contribution in [2.45, 2.75) is 25.3 Å². The van der Waals surface area contributed by atoms with Gasteiger partial charge in [-0.3, -0.25) is 0 Å². The van der Waals surface area contributed by atoms with Crippen LogP contribution >= 0.6 is 0 Å². The van der Waals surface area contributed by atoms with Crippen LogP contribution in [0.15, 0.2) is 23.1 Å². The van der Waals surface area contributed by atoms with Crippen molar-refractivity contribution < 1.29 is 12.8 Å². The lowest BCUT2D eigenvalue weighted by Crippen LogP contribution is -2.27. The molecule has 0 fully saturated rings. The normalized spacial score (nSPS) is 12.1. The monoisotopic (exact) mass is 274 g/mol. The lowest BCUT2D eigenvalue weighted by molar-refractivity contribution is 0.477. The first-order valence-electron chi connectivity index (χ1n) is 5.89. The quantitative estimate of drug-likeness (QED) is 0.856. The molecule has 1 aromatic carbocycles. The van der Waals surface area contributed by atoms with Crippen molar-refractivity contribution >= 4 is 10.0 Å². The summed E-state index contributed by atoms with van der Waals surface area (Å²) in [6, 6.07) is 4.17. The highest BCUT2D eigenvalue weighted by Gasteiger charge is 2.23. The van der Waals surface area contributed by atoms with Crippen LogP contribution in [0.25, 0.3) is 0 Å². The molecule has 1 rings (SSSR count). The number of nitrogens with zero attached hydrogens (tertiary/aromatic N) is 1. The standard InChI is InChI=1S/C12H19FN2O2S/c1-4-14-9-10-6-7-11(13)12(8-10)18(16,17)15(3)5-2/h6-8,14H,4-5,9H2,1-3H3. The minimum absolute atomic E-state index is 0.262. The first kappa shape index (κ1) is 15.1. The predicted octanol–water partition coefficient (Wildman–Crippen LogP) is 1.58. The highest BCUT2D eigenvalue weighted by Crippen LogP contribution is 2.19. The Morgan fingerprint density at radius 2 is 2.00 bits per heavy atom. The van der Waals surface area contributed by atoms with E-state index in [9.17, 15) is 12.8 Å². The molecule has 102 valence electrons. The third-order valence-electron chi connectivity index (χ3n) is 2.71. The largest absolute Gasteiger partial charge is 0.313 e. The van der Waals surface area contributed by atoms with E-state index in [2.05, 4.69) is 5.32 Å². The van der Waals surface area contributed by atoms with Gasteiger partial charge in [-0.2, -0.15) is 0 Å². The lowest BCUT2D eigenvalue weighted by atomic mass is 10.2. The maximum atomic E-state index is 13.7. The minimum Gasteiger partial charge on any atom is -0.313 e. The van der Waals surface area contributed by atoms with Gasteiger partial charge in [0.1, 0.15) is 10.7 Å². The van der Waals surface area contributed by atoms with Gasteiger partial charge >= 0.3 is 0 Å². The second-order valence-corrected chi connectivity index (χ2v) is 5.98. The molecule has 0 atom stereocenters. The van der Waals surface area contributed by atoms with Gasteiger partial charge in [0.25, 0.3) is 0 Å². The van der Waals surface area contributed by atoms with Crippen LogP contribution in [-0.2, 0) is 16.6 Å². The Bertz CT molecular complexity index is 503. The topological polar surface area (TPSA) is 49.4 Å². The van der Waals surface area contributed by atoms with Gasteiger partial charge in [-0.15, -0.1) is 0 Å². The van der Waals surface area contributed by atoms with E-state index >= 15 is 0 Å². The molecule has 0 aliphatic carbocycles. The summed E-state index contributed by atoms with van der Waals surface area (Å²) in [7, 11) is -2.30. The average Bonchev–Trinajstić information content (AvgIpc) is 2.36. The van der Waals surface area contributed by atoms with E-state index < -0.39 is 15.8 Å². The van der Waals surface area contributed by atoms with E-state index in [-0.39, 0.29) is 4.90 Å². The third kappa shape index (κ3) is 3.28. The summed E-state index contributed by atoms with van der Waals surface area (Å²) in [5, 5.41) is 3.08. The molecule has 0 saturated heterocycles. The maximum absolute atomic E-state index is 13.7. The molecular formula is C12H19FN2O2S. The number of hydrogen-bond acceptors (Lipinski definition) is 3. The molecule has 0 aliphatic rings. The summed E-state index contributed by atoms with van der Waals surface area (Å²) < 4.78 is 38.9. The number of benzene rings is 1. The minimum atomic E-state index is -3.74. The first-order chi connectivity index (χ1) is 8.43. The van der Waals surface area contributed by atoms with Gasteiger partial charge in [-0.25, -0.2) is 17.1 Å². The van der Waals surface area contributed by atoms with Crippen molar-refractivity contribution in [3.8, 4) is 0 Å². The van der Waals surface area contributed by atoms with Crippen molar-refractivity contribution in [1.29, 1.82) is 0 Å². The number of hydrogen-bond donors (Lipinski definition) is 1.